The van der Waals surface area contributed by atoms with E-state index in [2.05, 4.69) is 9.97 Å². The predicted octanol–water partition coefficient (Wildman–Crippen LogP) is 3.28. The van der Waals surface area contributed by atoms with Crippen LogP contribution >= 0.6 is 0 Å². The van der Waals surface area contributed by atoms with Crippen molar-refractivity contribution >= 4 is 0 Å². The third-order valence-electron chi connectivity index (χ3n) is 4.62. The number of aromatic amines is 1. The van der Waals surface area contributed by atoms with Crippen LogP contribution in [0.5, 0.6) is 0 Å². The summed E-state index contributed by atoms with van der Waals surface area (Å²) in [5.41, 5.74) is 3.11. The molecule has 0 radical (unpaired) electrons. The Labute approximate surface area is 139 Å². The normalized spacial score (nSPS) is 17.8. The number of piperidine rings is 1. The molecule has 0 aliphatic carbocycles. The van der Waals surface area contributed by atoms with Gasteiger partial charge in [0.15, 0.2) is 0 Å². The van der Waals surface area contributed by atoms with E-state index in [4.69, 9.17) is 0 Å². The molecular weight excluding hydrogens is 312 g/mol. The average Bonchev–Trinajstić information content (AvgIpc) is 2.55. The molecule has 1 aliphatic rings. The third kappa shape index (κ3) is 3.70. The van der Waals surface area contributed by atoms with Crippen LogP contribution in [0.3, 0.4) is 0 Å². The van der Waals surface area contributed by atoms with E-state index < -0.39 is 5.92 Å². The van der Waals surface area contributed by atoms with E-state index in [9.17, 15) is 13.6 Å². The molecule has 0 amide bonds. The van der Waals surface area contributed by atoms with Gasteiger partial charge in [-0.2, -0.15) is 0 Å². The number of nitrogens with one attached hydrogen (secondary N) is 1. The summed E-state index contributed by atoms with van der Waals surface area (Å²) < 4.78 is 26.4. The maximum Gasteiger partial charge on any atom is 0.254 e. The van der Waals surface area contributed by atoms with E-state index in [0.29, 0.717) is 36.7 Å². The van der Waals surface area contributed by atoms with Crippen LogP contribution in [0.15, 0.2) is 29.1 Å². The topological polar surface area (TPSA) is 49.0 Å². The first-order valence-electron chi connectivity index (χ1n) is 8.11. The van der Waals surface area contributed by atoms with Crippen molar-refractivity contribution in [2.24, 2.45) is 0 Å². The fraction of sp³-hybridized carbons (Fsp3) is 0.444. The van der Waals surface area contributed by atoms with Crippen LogP contribution in [-0.2, 0) is 6.54 Å². The number of nitrogens with zero attached hydrogens (tertiary/aromatic N) is 2. The number of aromatic nitrogens is 2. The zero-order chi connectivity index (χ0) is 17.3. The number of halogens is 2. The second-order valence-corrected chi connectivity index (χ2v) is 6.45. The molecular formula is C18H21F2N3O. The second-order valence-electron chi connectivity index (χ2n) is 6.45. The number of hydrogen-bond donors (Lipinski definition) is 1. The van der Waals surface area contributed by atoms with E-state index in [-0.39, 0.29) is 18.4 Å². The highest BCUT2D eigenvalue weighted by molar-refractivity contribution is 5.55. The molecule has 24 heavy (non-hydrogen) atoms. The largest absolute Gasteiger partial charge is 0.306 e. The van der Waals surface area contributed by atoms with Crippen LogP contribution in [0, 0.1) is 13.8 Å². The first-order chi connectivity index (χ1) is 11.3. The first kappa shape index (κ1) is 16.8. The van der Waals surface area contributed by atoms with Crippen LogP contribution < -0.4 is 5.56 Å². The fourth-order valence-corrected chi connectivity index (χ4v) is 2.85. The molecule has 0 bridgehead atoms. The fourth-order valence-electron chi connectivity index (χ4n) is 2.85. The molecule has 6 heteroatoms. The van der Waals surface area contributed by atoms with Gasteiger partial charge in [-0.05, 0) is 19.4 Å². The first-order valence-corrected chi connectivity index (χ1v) is 8.11. The lowest BCUT2D eigenvalue weighted by Crippen LogP contribution is -2.38. The van der Waals surface area contributed by atoms with Crippen LogP contribution in [0.25, 0.3) is 11.4 Å². The quantitative estimate of drug-likeness (QED) is 0.938. The molecule has 1 aromatic carbocycles. The molecule has 3 rings (SSSR count). The lowest BCUT2D eigenvalue weighted by atomic mass is 10.1. The Morgan fingerprint density at radius 3 is 2.38 bits per heavy atom. The minimum atomic E-state index is -2.51. The average molecular weight is 333 g/mol. The van der Waals surface area contributed by atoms with Gasteiger partial charge in [0.05, 0.1) is 0 Å². The molecule has 1 aromatic heterocycles. The highest BCUT2D eigenvalue weighted by Gasteiger charge is 2.33. The number of hydrogen-bond acceptors (Lipinski definition) is 3. The summed E-state index contributed by atoms with van der Waals surface area (Å²) in [6.07, 6.45) is -0.141. The second kappa shape index (κ2) is 6.43. The summed E-state index contributed by atoms with van der Waals surface area (Å²) in [7, 11) is 0. The van der Waals surface area contributed by atoms with Crippen molar-refractivity contribution in [2.75, 3.05) is 13.1 Å². The minimum Gasteiger partial charge on any atom is -0.306 e. The third-order valence-corrected chi connectivity index (χ3v) is 4.62. The molecule has 0 unspecified atom stereocenters. The lowest BCUT2D eigenvalue weighted by molar-refractivity contribution is -0.0566. The number of alkyl halides is 2. The highest BCUT2D eigenvalue weighted by Crippen LogP contribution is 2.28. The molecule has 1 N–H and O–H groups in total. The standard InChI is InChI=1S/C18H21F2N3O/c1-12-13(2)21-16(22-17(12)24)15-5-3-14(4-6-15)11-23-9-7-18(19,20)8-10-23/h3-6H,7-11H2,1-2H3,(H,21,22,24). The molecule has 1 fully saturated rings. The van der Waals surface area contributed by atoms with Crippen molar-refractivity contribution in [3.8, 4) is 11.4 Å². The number of rotatable bonds is 3. The van der Waals surface area contributed by atoms with Gasteiger partial charge < -0.3 is 4.98 Å². The Balaban J connectivity index is 1.71. The smallest absolute Gasteiger partial charge is 0.254 e. The molecule has 128 valence electrons. The Kier molecular flexibility index (Phi) is 4.49. The molecule has 0 saturated carbocycles. The van der Waals surface area contributed by atoms with Gasteiger partial charge in [0.1, 0.15) is 5.82 Å². The Morgan fingerprint density at radius 2 is 1.79 bits per heavy atom. The van der Waals surface area contributed by atoms with Crippen LogP contribution in [0.1, 0.15) is 29.7 Å². The van der Waals surface area contributed by atoms with E-state index in [1.54, 1.807) is 6.92 Å². The number of likely N-dealkylation sites (tertiary alicyclic amines) is 1. The zero-order valence-electron chi connectivity index (χ0n) is 13.9. The van der Waals surface area contributed by atoms with Crippen molar-refractivity contribution in [1.29, 1.82) is 0 Å². The van der Waals surface area contributed by atoms with Gasteiger partial charge >= 0.3 is 0 Å². The molecule has 0 spiro atoms. The van der Waals surface area contributed by atoms with Crippen molar-refractivity contribution in [1.82, 2.24) is 14.9 Å². The maximum atomic E-state index is 13.2. The summed E-state index contributed by atoms with van der Waals surface area (Å²) >= 11 is 0. The van der Waals surface area contributed by atoms with Crippen molar-refractivity contribution < 1.29 is 8.78 Å². The molecule has 1 aliphatic heterocycles. The van der Waals surface area contributed by atoms with E-state index in [1.165, 1.54) is 0 Å². The number of H-pyrrole nitrogens is 1. The summed E-state index contributed by atoms with van der Waals surface area (Å²) in [4.78, 5) is 21.1. The number of benzene rings is 1. The molecule has 1 saturated heterocycles. The van der Waals surface area contributed by atoms with Crippen molar-refractivity contribution in [3.05, 3.63) is 51.4 Å². The van der Waals surface area contributed by atoms with Crippen molar-refractivity contribution in [3.63, 3.8) is 0 Å². The maximum absolute atomic E-state index is 13.2. The number of aryl methyl sites for hydroxylation is 1. The summed E-state index contributed by atoms with van der Waals surface area (Å²) in [5.74, 6) is -1.96. The van der Waals surface area contributed by atoms with E-state index in [0.717, 1.165) is 11.1 Å². The van der Waals surface area contributed by atoms with E-state index in [1.807, 2.05) is 36.1 Å². The van der Waals surface area contributed by atoms with E-state index >= 15 is 0 Å². The molecule has 2 heterocycles. The summed E-state index contributed by atoms with van der Waals surface area (Å²) in [6, 6.07) is 7.72. The Bertz CT molecular complexity index is 774. The van der Waals surface area contributed by atoms with Crippen LogP contribution in [-0.4, -0.2) is 33.9 Å². The van der Waals surface area contributed by atoms with Gasteiger partial charge in [-0.1, -0.05) is 24.3 Å². The van der Waals surface area contributed by atoms with Gasteiger partial charge in [-0.3, -0.25) is 9.69 Å². The summed E-state index contributed by atoms with van der Waals surface area (Å²) in [5, 5.41) is 0. The van der Waals surface area contributed by atoms with Crippen LogP contribution in [0.2, 0.25) is 0 Å². The predicted molar refractivity (Wildman–Crippen MR) is 89.2 cm³/mol. The zero-order valence-corrected chi connectivity index (χ0v) is 13.9. The summed E-state index contributed by atoms with van der Waals surface area (Å²) in [6.45, 7) is 5.06. The molecule has 0 atom stereocenters. The molecule has 2 aromatic rings. The Morgan fingerprint density at radius 1 is 1.17 bits per heavy atom. The molecule has 4 nitrogen and oxygen atoms in total. The van der Waals surface area contributed by atoms with Crippen molar-refractivity contribution in [2.45, 2.75) is 39.2 Å². The Hall–Kier alpha value is -2.08. The van der Waals surface area contributed by atoms with Gasteiger partial charge in [0.2, 0.25) is 0 Å². The van der Waals surface area contributed by atoms with Crippen LogP contribution in [0.4, 0.5) is 8.78 Å². The minimum absolute atomic E-state index is 0.0706. The van der Waals surface area contributed by atoms with Gasteiger partial charge in [-0.15, -0.1) is 0 Å². The van der Waals surface area contributed by atoms with Gasteiger partial charge in [-0.25, -0.2) is 13.8 Å². The highest BCUT2D eigenvalue weighted by atomic mass is 19.3. The van der Waals surface area contributed by atoms with Gasteiger partial charge in [0, 0.05) is 49.3 Å². The lowest BCUT2D eigenvalue weighted by Gasteiger charge is -2.31. The van der Waals surface area contributed by atoms with Gasteiger partial charge in [0.25, 0.3) is 11.5 Å². The SMILES string of the molecule is Cc1nc(-c2ccc(CN3CCC(F)(F)CC3)cc2)[nH]c(=O)c1C. The monoisotopic (exact) mass is 333 g/mol.